The molecule has 0 spiro atoms. The fraction of sp³-hybridized carbons (Fsp3) is 0.929. The summed E-state index contributed by atoms with van der Waals surface area (Å²) in [4.78, 5) is 13.7. The van der Waals surface area contributed by atoms with Crippen LogP contribution in [0.3, 0.4) is 0 Å². The molecule has 0 aromatic carbocycles. The molecule has 0 saturated carbocycles. The minimum atomic E-state index is -0.725. The molecule has 0 aliphatic carbocycles. The first kappa shape index (κ1) is 19.6. The first-order chi connectivity index (χ1) is 10.2. The highest BCUT2D eigenvalue weighted by molar-refractivity contribution is 5.85. The molecule has 0 aromatic heterocycles. The summed E-state index contributed by atoms with van der Waals surface area (Å²) in [6, 6.07) is -0.176. The van der Waals surface area contributed by atoms with Crippen molar-refractivity contribution in [2.24, 2.45) is 0 Å². The minimum absolute atomic E-state index is 0. The van der Waals surface area contributed by atoms with Crippen molar-refractivity contribution in [3.63, 3.8) is 0 Å². The van der Waals surface area contributed by atoms with Gasteiger partial charge in [0, 0.05) is 13.7 Å². The van der Waals surface area contributed by atoms with Crippen LogP contribution in [0.2, 0.25) is 0 Å². The van der Waals surface area contributed by atoms with Crippen LogP contribution >= 0.6 is 12.4 Å². The van der Waals surface area contributed by atoms with E-state index in [1.807, 2.05) is 0 Å². The lowest BCUT2D eigenvalue weighted by molar-refractivity contribution is -0.125. The molecule has 1 amide bonds. The number of hydrogen-bond donors (Lipinski definition) is 3. The maximum absolute atomic E-state index is 11.5. The van der Waals surface area contributed by atoms with Crippen molar-refractivity contribution in [2.45, 2.75) is 43.6 Å². The fourth-order valence-corrected chi connectivity index (χ4v) is 3.21. The van der Waals surface area contributed by atoms with Crippen LogP contribution < -0.4 is 5.32 Å². The highest BCUT2D eigenvalue weighted by Crippen LogP contribution is 2.27. The molecule has 2 fully saturated rings. The van der Waals surface area contributed by atoms with E-state index in [1.165, 1.54) is 13.5 Å². The van der Waals surface area contributed by atoms with E-state index in [4.69, 9.17) is 9.47 Å². The summed E-state index contributed by atoms with van der Waals surface area (Å²) in [6.45, 7) is 1.95. The van der Waals surface area contributed by atoms with Crippen molar-refractivity contribution in [1.29, 1.82) is 0 Å². The molecule has 2 saturated heterocycles. The Bertz CT molecular complexity index is 341. The Morgan fingerprint density at radius 1 is 1.32 bits per heavy atom. The summed E-state index contributed by atoms with van der Waals surface area (Å²) < 4.78 is 10.5. The third kappa shape index (κ3) is 4.78. The molecule has 0 aromatic rings. The zero-order valence-corrected chi connectivity index (χ0v) is 13.8. The number of nitrogens with one attached hydrogen (secondary N) is 1. The van der Waals surface area contributed by atoms with Gasteiger partial charge in [0.1, 0.15) is 18.8 Å². The molecule has 22 heavy (non-hydrogen) atoms. The van der Waals surface area contributed by atoms with Crippen LogP contribution in [0.1, 0.15) is 19.3 Å². The monoisotopic (exact) mass is 338 g/mol. The number of rotatable bonds is 6. The lowest BCUT2D eigenvalue weighted by Crippen LogP contribution is -2.52. The van der Waals surface area contributed by atoms with E-state index in [-0.39, 0.29) is 43.7 Å². The molecule has 2 heterocycles. The zero-order chi connectivity index (χ0) is 15.2. The number of aliphatic hydroxyl groups excluding tert-OH is 2. The van der Waals surface area contributed by atoms with E-state index in [9.17, 15) is 15.0 Å². The first-order valence-electron chi connectivity index (χ1n) is 7.61. The average molecular weight is 339 g/mol. The molecule has 2 aliphatic rings. The molecule has 2 rings (SSSR count). The molecule has 0 unspecified atom stereocenters. The van der Waals surface area contributed by atoms with Gasteiger partial charge in [-0.3, -0.25) is 9.69 Å². The van der Waals surface area contributed by atoms with Crippen molar-refractivity contribution in [3.05, 3.63) is 0 Å². The van der Waals surface area contributed by atoms with Gasteiger partial charge in [-0.2, -0.15) is 0 Å². The number of carbonyl (C=O) groups excluding carboxylic acids is 1. The van der Waals surface area contributed by atoms with Crippen LogP contribution in [-0.2, 0) is 14.3 Å². The number of ether oxygens (including phenoxy) is 2. The Balaban J connectivity index is 0.00000242. The van der Waals surface area contributed by atoms with Gasteiger partial charge in [-0.15, -0.1) is 12.4 Å². The lowest BCUT2D eigenvalue weighted by Gasteiger charge is -2.36. The number of carbonyl (C=O) groups is 1. The fourth-order valence-electron chi connectivity index (χ4n) is 3.21. The highest BCUT2D eigenvalue weighted by atomic mass is 35.5. The molecule has 130 valence electrons. The largest absolute Gasteiger partial charge is 0.394 e. The van der Waals surface area contributed by atoms with E-state index in [0.717, 1.165) is 25.9 Å². The molecule has 4 atom stereocenters. The molecule has 7 nitrogen and oxygen atoms in total. The van der Waals surface area contributed by atoms with E-state index >= 15 is 0 Å². The van der Waals surface area contributed by atoms with Crippen LogP contribution in [-0.4, -0.2) is 85.3 Å². The van der Waals surface area contributed by atoms with Gasteiger partial charge in [-0.05, 0) is 25.9 Å². The molecule has 3 N–H and O–H groups in total. The lowest BCUT2D eigenvalue weighted by atomic mass is 9.99. The van der Waals surface area contributed by atoms with Crippen LogP contribution in [0.25, 0.3) is 0 Å². The zero-order valence-electron chi connectivity index (χ0n) is 12.9. The Kier molecular flexibility index (Phi) is 8.59. The van der Waals surface area contributed by atoms with Crippen LogP contribution in [0.4, 0.5) is 0 Å². The Labute approximate surface area is 137 Å². The Morgan fingerprint density at radius 2 is 2.00 bits per heavy atom. The smallest absolute Gasteiger partial charge is 0.246 e. The van der Waals surface area contributed by atoms with Crippen LogP contribution in [0, 0.1) is 0 Å². The second kappa shape index (κ2) is 9.64. The van der Waals surface area contributed by atoms with Gasteiger partial charge >= 0.3 is 0 Å². The van der Waals surface area contributed by atoms with Crippen molar-refractivity contribution < 1.29 is 24.5 Å². The predicted octanol–water partition coefficient (Wildman–Crippen LogP) is -0.854. The molecule has 2 aliphatic heterocycles. The van der Waals surface area contributed by atoms with Gasteiger partial charge in [0.15, 0.2) is 0 Å². The van der Waals surface area contributed by atoms with Gasteiger partial charge in [0.05, 0.1) is 18.8 Å². The topological polar surface area (TPSA) is 91.3 Å². The number of halogens is 1. The van der Waals surface area contributed by atoms with Crippen molar-refractivity contribution in [3.8, 4) is 0 Å². The van der Waals surface area contributed by atoms with Gasteiger partial charge in [-0.1, -0.05) is 6.42 Å². The maximum atomic E-state index is 11.5. The van der Waals surface area contributed by atoms with Crippen LogP contribution in [0.15, 0.2) is 0 Å². The normalized spacial score (nSPS) is 32.5. The summed E-state index contributed by atoms with van der Waals surface area (Å²) in [5.41, 5.74) is 0. The van der Waals surface area contributed by atoms with Gasteiger partial charge in [-0.25, -0.2) is 0 Å². The summed E-state index contributed by atoms with van der Waals surface area (Å²) in [5, 5.41) is 22.4. The molecule has 0 bridgehead atoms. The predicted molar refractivity (Wildman–Crippen MR) is 83.1 cm³/mol. The SMILES string of the molecule is COCC(=O)NC[C@H]1O[C@@H](CO)[C@@H](O)[C@H]1N1CCCCC1.Cl. The van der Waals surface area contributed by atoms with Gasteiger partial charge in [0.25, 0.3) is 0 Å². The molecular weight excluding hydrogens is 312 g/mol. The Hall–Kier alpha value is -0.440. The second-order valence-corrected chi connectivity index (χ2v) is 5.71. The van der Waals surface area contributed by atoms with Crippen LogP contribution in [0.5, 0.6) is 0 Å². The molecular formula is C14H27ClN2O5. The number of likely N-dealkylation sites (tertiary alicyclic amines) is 1. The third-order valence-corrected chi connectivity index (χ3v) is 4.23. The Morgan fingerprint density at radius 3 is 2.59 bits per heavy atom. The quantitative estimate of drug-likeness (QED) is 0.584. The summed E-state index contributed by atoms with van der Waals surface area (Å²) in [5.74, 6) is -0.208. The highest BCUT2D eigenvalue weighted by Gasteiger charge is 2.46. The number of amides is 1. The number of methoxy groups -OCH3 is 1. The van der Waals surface area contributed by atoms with E-state index in [2.05, 4.69) is 10.2 Å². The summed E-state index contributed by atoms with van der Waals surface area (Å²) in [7, 11) is 1.47. The number of aliphatic hydroxyl groups is 2. The maximum Gasteiger partial charge on any atom is 0.246 e. The van der Waals surface area contributed by atoms with E-state index in [0.29, 0.717) is 6.54 Å². The first-order valence-corrected chi connectivity index (χ1v) is 7.61. The van der Waals surface area contributed by atoms with Gasteiger partial charge in [0.2, 0.25) is 5.91 Å². The van der Waals surface area contributed by atoms with Gasteiger partial charge < -0.3 is 25.0 Å². The molecule has 8 heteroatoms. The minimum Gasteiger partial charge on any atom is -0.394 e. The van der Waals surface area contributed by atoms with E-state index in [1.54, 1.807) is 0 Å². The number of nitrogens with zero attached hydrogens (tertiary/aromatic N) is 1. The summed E-state index contributed by atoms with van der Waals surface area (Å²) in [6.07, 6.45) is 1.81. The number of piperidine rings is 1. The standard InChI is InChI=1S/C14H26N2O5.ClH/c1-20-9-12(18)15-7-10-13(14(19)11(8-17)21-10)16-5-3-2-4-6-16;/h10-11,13-14,17,19H,2-9H2,1H3,(H,15,18);1H/t10-,11+,13+,14-;/m1./s1. The van der Waals surface area contributed by atoms with Crippen molar-refractivity contribution in [2.75, 3.05) is 40.0 Å². The van der Waals surface area contributed by atoms with E-state index < -0.39 is 12.2 Å². The molecule has 0 radical (unpaired) electrons. The van der Waals surface area contributed by atoms with Crippen molar-refractivity contribution in [1.82, 2.24) is 10.2 Å². The second-order valence-electron chi connectivity index (χ2n) is 5.71. The third-order valence-electron chi connectivity index (χ3n) is 4.23. The average Bonchev–Trinajstić information content (AvgIpc) is 2.82. The number of hydrogen-bond acceptors (Lipinski definition) is 6. The summed E-state index contributed by atoms with van der Waals surface area (Å²) >= 11 is 0. The van der Waals surface area contributed by atoms with Crippen molar-refractivity contribution >= 4 is 18.3 Å².